The number of nitrogens with one attached hydrogen (secondary N) is 1. The zero-order chi connectivity index (χ0) is 26.8. The molecule has 3 rings (SSSR count). The van der Waals surface area contributed by atoms with Gasteiger partial charge in [0, 0.05) is 5.56 Å². The number of ether oxygens (including phenoxy) is 5. The maximum absolute atomic E-state index is 12.7. The summed E-state index contributed by atoms with van der Waals surface area (Å²) in [4.78, 5) is 17.1. The predicted molar refractivity (Wildman–Crippen MR) is 142 cm³/mol. The number of carbonyl (C=O) groups is 1. The van der Waals surface area contributed by atoms with Crippen LogP contribution >= 0.6 is 15.9 Å². The van der Waals surface area contributed by atoms with E-state index >= 15 is 0 Å². The average molecular weight is 575 g/mol. The number of benzene rings is 2. The Kier molecular flexibility index (Phi) is 10.1. The second-order valence-electron chi connectivity index (χ2n) is 8.26. The molecule has 0 saturated carbocycles. The molecule has 1 atom stereocenters. The first-order chi connectivity index (χ1) is 17.8. The van der Waals surface area contributed by atoms with Crippen molar-refractivity contribution < 1.29 is 33.6 Å². The molecule has 198 valence electrons. The number of methoxy groups -OCH3 is 3. The highest BCUT2D eigenvalue weighted by atomic mass is 79.9. The van der Waals surface area contributed by atoms with Crippen molar-refractivity contribution >= 4 is 21.8 Å². The van der Waals surface area contributed by atoms with E-state index in [4.69, 9.17) is 23.7 Å². The van der Waals surface area contributed by atoms with Crippen LogP contribution < -0.4 is 24.3 Å². The van der Waals surface area contributed by atoms with Crippen molar-refractivity contribution in [3.8, 4) is 23.0 Å². The molecule has 3 aromatic rings. The van der Waals surface area contributed by atoms with Crippen LogP contribution in [0, 0.1) is 0 Å². The minimum atomic E-state index is -1.40. The van der Waals surface area contributed by atoms with Gasteiger partial charge in [-0.25, -0.2) is 4.98 Å². The molecule has 37 heavy (non-hydrogen) atoms. The first kappa shape index (κ1) is 28.2. The number of halogens is 1. The quantitative estimate of drug-likeness (QED) is 0.232. The summed E-state index contributed by atoms with van der Waals surface area (Å²) in [6.45, 7) is 2.66. The van der Waals surface area contributed by atoms with Gasteiger partial charge in [-0.2, -0.15) is 0 Å². The van der Waals surface area contributed by atoms with Crippen molar-refractivity contribution in [1.82, 2.24) is 10.3 Å². The third-order valence-electron chi connectivity index (χ3n) is 5.52. The number of nitrogens with zero attached hydrogens (tertiary/aromatic N) is 1. The number of amides is 1. The van der Waals surface area contributed by atoms with E-state index in [2.05, 4.69) is 26.2 Å². The highest BCUT2D eigenvalue weighted by molar-refractivity contribution is 9.10. The Labute approximate surface area is 224 Å². The van der Waals surface area contributed by atoms with Crippen LogP contribution in [0.2, 0.25) is 0 Å². The third-order valence-corrected chi connectivity index (χ3v) is 6.09. The normalized spacial score (nSPS) is 12.4. The number of rotatable bonds is 13. The van der Waals surface area contributed by atoms with Crippen LogP contribution in [0.15, 0.2) is 59.2 Å². The molecule has 10 heteroatoms. The van der Waals surface area contributed by atoms with Crippen LogP contribution in [0.1, 0.15) is 28.5 Å². The Balaban J connectivity index is 1.51. The van der Waals surface area contributed by atoms with Gasteiger partial charge >= 0.3 is 0 Å². The van der Waals surface area contributed by atoms with E-state index in [9.17, 15) is 9.90 Å². The minimum Gasteiger partial charge on any atom is -0.497 e. The molecule has 0 bridgehead atoms. The summed E-state index contributed by atoms with van der Waals surface area (Å²) in [6.07, 6.45) is 0. The number of aliphatic hydroxyl groups is 1. The molecule has 9 nitrogen and oxygen atoms in total. The molecule has 1 heterocycles. The smallest absolute Gasteiger partial charge is 0.251 e. The molecule has 0 aliphatic carbocycles. The summed E-state index contributed by atoms with van der Waals surface area (Å²) in [5.74, 6) is 1.87. The van der Waals surface area contributed by atoms with Crippen molar-refractivity contribution in [3.63, 3.8) is 0 Å². The van der Waals surface area contributed by atoms with Crippen LogP contribution in [0.5, 0.6) is 23.0 Å². The van der Waals surface area contributed by atoms with Gasteiger partial charge in [-0.1, -0.05) is 12.1 Å². The van der Waals surface area contributed by atoms with Gasteiger partial charge in [0.2, 0.25) is 0 Å². The monoisotopic (exact) mass is 574 g/mol. The molecule has 0 fully saturated rings. The molecule has 1 aromatic heterocycles. The van der Waals surface area contributed by atoms with Crippen molar-refractivity contribution in [2.24, 2.45) is 0 Å². The lowest BCUT2D eigenvalue weighted by Crippen LogP contribution is -2.39. The zero-order valence-corrected chi connectivity index (χ0v) is 22.8. The second kappa shape index (κ2) is 13.3. The molecule has 2 N–H and O–H groups in total. The van der Waals surface area contributed by atoms with Gasteiger partial charge < -0.3 is 34.1 Å². The topological polar surface area (TPSA) is 108 Å². The van der Waals surface area contributed by atoms with Gasteiger partial charge in [0.15, 0.2) is 17.2 Å². The van der Waals surface area contributed by atoms with Crippen LogP contribution in [0.3, 0.4) is 0 Å². The van der Waals surface area contributed by atoms with E-state index in [0.29, 0.717) is 52.9 Å². The lowest BCUT2D eigenvalue weighted by Gasteiger charge is -2.23. The first-order valence-corrected chi connectivity index (χ1v) is 12.3. The van der Waals surface area contributed by atoms with Crippen LogP contribution in [0.4, 0.5) is 0 Å². The molecule has 0 spiro atoms. The van der Waals surface area contributed by atoms with Crippen LogP contribution in [-0.4, -0.2) is 57.1 Å². The highest BCUT2D eigenvalue weighted by Gasteiger charge is 2.27. The number of hydrogen-bond donors (Lipinski definition) is 2. The molecular formula is C27H31BrN2O7. The maximum Gasteiger partial charge on any atom is 0.251 e. The van der Waals surface area contributed by atoms with Gasteiger partial charge in [0.05, 0.1) is 46.8 Å². The van der Waals surface area contributed by atoms with E-state index in [1.807, 2.05) is 24.3 Å². The number of aromatic nitrogens is 1. The van der Waals surface area contributed by atoms with Gasteiger partial charge in [-0.3, -0.25) is 4.79 Å². The molecule has 0 aliphatic heterocycles. The van der Waals surface area contributed by atoms with Crippen LogP contribution in [-0.2, 0) is 16.9 Å². The maximum atomic E-state index is 12.7. The Bertz CT molecular complexity index is 1190. The van der Waals surface area contributed by atoms with Crippen molar-refractivity contribution in [2.45, 2.75) is 19.1 Å². The summed E-state index contributed by atoms with van der Waals surface area (Å²) in [7, 11) is 4.66. The molecule has 0 radical (unpaired) electrons. The van der Waals surface area contributed by atoms with Gasteiger partial charge in [-0.05, 0) is 70.9 Å². The molecule has 0 saturated heterocycles. The fourth-order valence-corrected chi connectivity index (χ4v) is 3.85. The summed E-state index contributed by atoms with van der Waals surface area (Å²) in [6, 6.07) is 15.9. The lowest BCUT2D eigenvalue weighted by atomic mass is 10.0. The van der Waals surface area contributed by atoms with Gasteiger partial charge in [0.25, 0.3) is 5.91 Å². The fourth-order valence-electron chi connectivity index (χ4n) is 3.37. The summed E-state index contributed by atoms with van der Waals surface area (Å²) in [5, 5.41) is 13.6. The second-order valence-corrected chi connectivity index (χ2v) is 9.01. The van der Waals surface area contributed by atoms with Crippen molar-refractivity contribution in [1.29, 1.82) is 0 Å². The Morgan fingerprint density at radius 1 is 0.946 bits per heavy atom. The Morgan fingerprint density at radius 2 is 1.65 bits per heavy atom. The number of pyridine rings is 1. The Hall–Kier alpha value is -3.34. The minimum absolute atomic E-state index is 0.0519. The Morgan fingerprint density at radius 3 is 2.30 bits per heavy atom. The van der Waals surface area contributed by atoms with E-state index in [1.54, 1.807) is 44.4 Å². The van der Waals surface area contributed by atoms with Gasteiger partial charge in [-0.15, -0.1) is 0 Å². The highest BCUT2D eigenvalue weighted by Crippen LogP contribution is 2.29. The van der Waals surface area contributed by atoms with Crippen molar-refractivity contribution in [2.75, 3.05) is 41.1 Å². The lowest BCUT2D eigenvalue weighted by molar-refractivity contribution is 0.0487. The van der Waals surface area contributed by atoms with E-state index in [-0.39, 0.29) is 12.5 Å². The molecule has 1 unspecified atom stereocenters. The SMILES string of the molecule is COc1ccc(COCCOc2ccc(C(=O)NCC(C)(O)c3ccc(OC)c(Br)n3)cc2OC)cc1. The molecule has 1 amide bonds. The molecular weight excluding hydrogens is 544 g/mol. The van der Waals surface area contributed by atoms with E-state index in [0.717, 1.165) is 11.3 Å². The number of hydrogen-bond acceptors (Lipinski definition) is 8. The summed E-state index contributed by atoms with van der Waals surface area (Å²) in [5.41, 5.74) is 0.377. The predicted octanol–water partition coefficient (Wildman–Crippen LogP) is 4.10. The number of carbonyl (C=O) groups excluding carboxylic acids is 1. The van der Waals surface area contributed by atoms with Crippen molar-refractivity contribution in [3.05, 3.63) is 76.0 Å². The first-order valence-electron chi connectivity index (χ1n) is 11.5. The largest absolute Gasteiger partial charge is 0.497 e. The fraction of sp³-hybridized carbons (Fsp3) is 0.333. The molecule has 2 aromatic carbocycles. The van der Waals surface area contributed by atoms with Crippen LogP contribution in [0.25, 0.3) is 0 Å². The van der Waals surface area contributed by atoms with E-state index < -0.39 is 5.60 Å². The zero-order valence-electron chi connectivity index (χ0n) is 21.2. The summed E-state index contributed by atoms with van der Waals surface area (Å²) >= 11 is 3.31. The summed E-state index contributed by atoms with van der Waals surface area (Å²) < 4.78 is 27.6. The van der Waals surface area contributed by atoms with Gasteiger partial charge in [0.1, 0.15) is 22.6 Å². The standard InChI is InChI=1S/C27H31BrN2O7/c1-27(32,24-12-11-22(34-3)25(28)30-24)17-29-26(31)19-7-10-21(23(15-19)35-4)37-14-13-36-16-18-5-8-20(33-2)9-6-18/h5-12,15,32H,13-14,16-17H2,1-4H3,(H,29,31). The average Bonchev–Trinajstić information content (AvgIpc) is 2.91. The van der Waals surface area contributed by atoms with E-state index in [1.165, 1.54) is 14.2 Å². The third kappa shape index (κ3) is 7.82. The molecule has 0 aliphatic rings.